The molecule has 2 aromatic carbocycles. The number of aromatic nitrogens is 1. The molecule has 1 N–H and O–H groups in total. The van der Waals surface area contributed by atoms with Crippen LogP contribution in [0.5, 0.6) is 0 Å². The highest BCUT2D eigenvalue weighted by Gasteiger charge is 2.46. The summed E-state index contributed by atoms with van der Waals surface area (Å²) in [5.74, 6) is -1.58. The van der Waals surface area contributed by atoms with Crippen molar-refractivity contribution in [1.82, 2.24) is 9.88 Å². The largest absolute Gasteiger partial charge is 0.507 e. The maximum atomic E-state index is 13.0. The monoisotopic (exact) mass is 418 g/mol. The number of aliphatic hydroxyl groups is 1. The summed E-state index contributed by atoms with van der Waals surface area (Å²) in [6.45, 7) is 2.17. The number of rotatable bonds is 4. The molecule has 0 aliphatic carbocycles. The van der Waals surface area contributed by atoms with Crippen LogP contribution in [0.2, 0.25) is 5.02 Å². The molecule has 0 bridgehead atoms. The van der Waals surface area contributed by atoms with Crippen molar-refractivity contribution >= 4 is 29.1 Å². The average molecular weight is 419 g/mol. The summed E-state index contributed by atoms with van der Waals surface area (Å²) in [5, 5.41) is 11.5. The summed E-state index contributed by atoms with van der Waals surface area (Å²) in [4.78, 5) is 31.5. The number of hydrogen-bond donors (Lipinski definition) is 1. The number of pyridine rings is 1. The molecule has 5 nitrogen and oxygen atoms in total. The third-order valence-electron chi connectivity index (χ3n) is 5.13. The molecule has 150 valence electrons. The van der Waals surface area contributed by atoms with E-state index >= 15 is 0 Å². The number of aliphatic hydroxyl groups excluding tert-OH is 1. The predicted molar refractivity (Wildman–Crippen MR) is 115 cm³/mol. The van der Waals surface area contributed by atoms with E-state index in [0.29, 0.717) is 10.6 Å². The molecule has 2 heterocycles. The number of ketones is 1. The van der Waals surface area contributed by atoms with E-state index in [-0.39, 0.29) is 17.9 Å². The summed E-state index contributed by atoms with van der Waals surface area (Å²) >= 11 is 5.95. The second kappa shape index (κ2) is 8.13. The second-order valence-electron chi connectivity index (χ2n) is 7.21. The number of hydrogen-bond acceptors (Lipinski definition) is 4. The number of carbonyl (C=O) groups is 2. The van der Waals surface area contributed by atoms with Gasteiger partial charge in [-0.1, -0.05) is 47.5 Å². The molecule has 4 rings (SSSR count). The van der Waals surface area contributed by atoms with Gasteiger partial charge < -0.3 is 10.0 Å². The van der Waals surface area contributed by atoms with Crippen molar-refractivity contribution in [3.05, 3.63) is 106 Å². The summed E-state index contributed by atoms with van der Waals surface area (Å²) in [6.07, 6.45) is 3.31. The summed E-state index contributed by atoms with van der Waals surface area (Å²) in [7, 11) is 0. The van der Waals surface area contributed by atoms with Crippen LogP contribution in [0.4, 0.5) is 0 Å². The lowest BCUT2D eigenvalue weighted by atomic mass is 9.94. The Morgan fingerprint density at radius 3 is 2.40 bits per heavy atom. The van der Waals surface area contributed by atoms with Gasteiger partial charge in [0.1, 0.15) is 5.76 Å². The molecule has 1 aliphatic heterocycles. The van der Waals surface area contributed by atoms with Gasteiger partial charge in [-0.15, -0.1) is 0 Å². The standard InChI is InChI=1S/C24H19ClN2O3/c1-15-4-6-17(7-5-15)21-20(22(28)18-8-10-19(25)11-9-18)23(29)24(30)27(21)14-16-3-2-12-26-13-16/h2-13,21,28H,14H2,1H3/b22-20-. The van der Waals surface area contributed by atoms with Gasteiger partial charge in [-0.3, -0.25) is 14.6 Å². The van der Waals surface area contributed by atoms with Crippen LogP contribution in [0, 0.1) is 6.92 Å². The molecule has 1 atom stereocenters. The lowest BCUT2D eigenvalue weighted by molar-refractivity contribution is -0.140. The van der Waals surface area contributed by atoms with Crippen LogP contribution in [-0.4, -0.2) is 26.7 Å². The van der Waals surface area contributed by atoms with Crippen LogP contribution in [0.25, 0.3) is 5.76 Å². The van der Waals surface area contributed by atoms with Crippen molar-refractivity contribution in [2.24, 2.45) is 0 Å². The molecular weight excluding hydrogens is 400 g/mol. The highest BCUT2D eigenvalue weighted by atomic mass is 35.5. The van der Waals surface area contributed by atoms with E-state index in [1.54, 1.807) is 42.7 Å². The summed E-state index contributed by atoms with van der Waals surface area (Å²) in [6, 6.07) is 17.0. The van der Waals surface area contributed by atoms with Crippen LogP contribution in [0.1, 0.15) is 28.3 Å². The van der Waals surface area contributed by atoms with Crippen molar-refractivity contribution in [3.63, 3.8) is 0 Å². The molecule has 0 spiro atoms. The van der Waals surface area contributed by atoms with Gasteiger partial charge in [0.15, 0.2) is 0 Å². The SMILES string of the molecule is Cc1ccc(C2/C(=C(/O)c3ccc(Cl)cc3)C(=O)C(=O)N2Cc2cccnc2)cc1. The first-order chi connectivity index (χ1) is 14.5. The normalized spacial score (nSPS) is 18.1. The Morgan fingerprint density at radius 1 is 1.07 bits per heavy atom. The van der Waals surface area contributed by atoms with Gasteiger partial charge in [0, 0.05) is 29.5 Å². The average Bonchev–Trinajstić information content (AvgIpc) is 3.00. The molecule has 30 heavy (non-hydrogen) atoms. The maximum absolute atomic E-state index is 13.0. The first kappa shape index (κ1) is 19.9. The first-order valence-electron chi connectivity index (χ1n) is 9.45. The Kier molecular flexibility index (Phi) is 5.38. The number of Topliss-reactive ketones (excluding diaryl/α,β-unsaturated/α-hetero) is 1. The van der Waals surface area contributed by atoms with Crippen LogP contribution in [0.15, 0.2) is 78.6 Å². The first-order valence-corrected chi connectivity index (χ1v) is 9.83. The number of aryl methyl sites for hydroxylation is 1. The zero-order valence-corrected chi connectivity index (χ0v) is 17.0. The van der Waals surface area contributed by atoms with Gasteiger partial charge in [0.2, 0.25) is 0 Å². The van der Waals surface area contributed by atoms with Crippen LogP contribution < -0.4 is 0 Å². The topological polar surface area (TPSA) is 70.5 Å². The third kappa shape index (κ3) is 3.72. The van der Waals surface area contributed by atoms with Gasteiger partial charge in [-0.25, -0.2) is 0 Å². The molecule has 1 saturated heterocycles. The van der Waals surface area contributed by atoms with Crippen LogP contribution in [-0.2, 0) is 16.1 Å². The number of halogens is 1. The van der Waals surface area contributed by atoms with Crippen molar-refractivity contribution in [3.8, 4) is 0 Å². The highest BCUT2D eigenvalue weighted by molar-refractivity contribution is 6.46. The van der Waals surface area contributed by atoms with Gasteiger partial charge >= 0.3 is 0 Å². The van der Waals surface area contributed by atoms with E-state index in [0.717, 1.165) is 16.7 Å². The minimum Gasteiger partial charge on any atom is -0.507 e. The van der Waals surface area contributed by atoms with E-state index in [4.69, 9.17) is 11.6 Å². The van der Waals surface area contributed by atoms with E-state index < -0.39 is 17.7 Å². The van der Waals surface area contributed by atoms with E-state index in [9.17, 15) is 14.7 Å². The number of amides is 1. The lowest BCUT2D eigenvalue weighted by Gasteiger charge is -2.25. The molecule has 1 amide bonds. The van der Waals surface area contributed by atoms with E-state index in [1.807, 2.05) is 37.3 Å². The number of carbonyl (C=O) groups excluding carboxylic acids is 2. The Morgan fingerprint density at radius 2 is 1.77 bits per heavy atom. The quantitative estimate of drug-likeness (QED) is 0.380. The smallest absolute Gasteiger partial charge is 0.295 e. The Labute approximate surface area is 179 Å². The molecular formula is C24H19ClN2O3. The molecule has 1 aromatic heterocycles. The van der Waals surface area contributed by atoms with Crippen molar-refractivity contribution < 1.29 is 14.7 Å². The van der Waals surface area contributed by atoms with Crippen LogP contribution in [0.3, 0.4) is 0 Å². The van der Waals surface area contributed by atoms with E-state index in [2.05, 4.69) is 4.98 Å². The molecule has 1 fully saturated rings. The Hall–Kier alpha value is -3.44. The van der Waals surface area contributed by atoms with Crippen LogP contribution >= 0.6 is 11.6 Å². The Bertz CT molecular complexity index is 1120. The Balaban J connectivity index is 1.85. The second-order valence-corrected chi connectivity index (χ2v) is 7.64. The van der Waals surface area contributed by atoms with Crippen molar-refractivity contribution in [2.75, 3.05) is 0 Å². The molecule has 1 aliphatic rings. The lowest BCUT2D eigenvalue weighted by Crippen LogP contribution is -2.29. The van der Waals surface area contributed by atoms with Crippen molar-refractivity contribution in [2.45, 2.75) is 19.5 Å². The minimum absolute atomic E-state index is 0.0649. The van der Waals surface area contributed by atoms with Gasteiger partial charge in [-0.2, -0.15) is 0 Å². The fourth-order valence-corrected chi connectivity index (χ4v) is 3.72. The summed E-state index contributed by atoms with van der Waals surface area (Å²) < 4.78 is 0. The van der Waals surface area contributed by atoms with Gasteiger partial charge in [0.25, 0.3) is 11.7 Å². The van der Waals surface area contributed by atoms with E-state index in [1.165, 1.54) is 4.90 Å². The zero-order valence-electron chi connectivity index (χ0n) is 16.2. The van der Waals surface area contributed by atoms with Crippen molar-refractivity contribution in [1.29, 1.82) is 0 Å². The molecule has 6 heteroatoms. The highest BCUT2D eigenvalue weighted by Crippen LogP contribution is 2.40. The number of likely N-dealkylation sites (tertiary alicyclic amines) is 1. The molecule has 1 unspecified atom stereocenters. The van der Waals surface area contributed by atoms with Gasteiger partial charge in [-0.05, 0) is 48.4 Å². The third-order valence-corrected chi connectivity index (χ3v) is 5.38. The number of benzene rings is 2. The summed E-state index contributed by atoms with van der Waals surface area (Å²) in [5.41, 5.74) is 3.09. The predicted octanol–water partition coefficient (Wildman–Crippen LogP) is 4.67. The number of nitrogens with zero attached hydrogens (tertiary/aromatic N) is 2. The molecule has 3 aromatic rings. The minimum atomic E-state index is -0.711. The zero-order chi connectivity index (χ0) is 21.3. The molecule has 0 saturated carbocycles. The maximum Gasteiger partial charge on any atom is 0.295 e. The fraction of sp³-hybridized carbons (Fsp3) is 0.125. The van der Waals surface area contributed by atoms with Gasteiger partial charge in [0.05, 0.1) is 11.6 Å². The molecule has 0 radical (unpaired) electrons. The fourth-order valence-electron chi connectivity index (χ4n) is 3.59.